The summed E-state index contributed by atoms with van der Waals surface area (Å²) in [5, 5.41) is 9.41. The summed E-state index contributed by atoms with van der Waals surface area (Å²) >= 11 is 7.39. The molecule has 1 N–H and O–H groups in total. The van der Waals surface area contributed by atoms with Gasteiger partial charge >= 0.3 is 94.7 Å². The number of hydrogen-bond donors (Lipinski definition) is 1. The quantitative estimate of drug-likeness (QED) is 0.0809. The average molecular weight is 888 g/mol. The van der Waals surface area contributed by atoms with Gasteiger partial charge in [0.15, 0.2) is 5.57 Å². The van der Waals surface area contributed by atoms with Crippen LogP contribution in [0.5, 0.6) is 0 Å². The molecule has 0 radical (unpaired) electrons. The fourth-order valence-electron chi connectivity index (χ4n) is 2.29. The van der Waals surface area contributed by atoms with Crippen molar-refractivity contribution in [1.29, 1.82) is 0 Å². The molecule has 36 heavy (non-hydrogen) atoms. The summed E-state index contributed by atoms with van der Waals surface area (Å²) in [6.45, 7) is 10.4. The second kappa shape index (κ2) is 15.5. The van der Waals surface area contributed by atoms with Gasteiger partial charge in [-0.05, 0) is 6.92 Å². The van der Waals surface area contributed by atoms with E-state index in [1.165, 1.54) is 34.6 Å². The molecular formula is C20H24I3O12V. The predicted molar refractivity (Wildman–Crippen MR) is 144 cm³/mol. The molecule has 0 spiro atoms. The molecule has 12 nitrogen and oxygen atoms in total. The van der Waals surface area contributed by atoms with E-state index in [1.54, 1.807) is 0 Å². The van der Waals surface area contributed by atoms with Crippen molar-refractivity contribution in [3.63, 3.8) is 0 Å². The Balaban J connectivity index is 0.000000517. The summed E-state index contributed by atoms with van der Waals surface area (Å²) in [5.41, 5.74) is -0.616. The monoisotopic (exact) mass is 888 g/mol. The van der Waals surface area contributed by atoms with E-state index in [-0.39, 0.29) is 23.1 Å². The number of ketones is 1. The zero-order chi connectivity index (χ0) is 28.4. The number of rotatable bonds is 2. The Hall–Kier alpha value is -0.926. The van der Waals surface area contributed by atoms with Crippen molar-refractivity contribution in [2.24, 2.45) is 0 Å². The number of carbonyl (C=O) groups is 6. The first kappa shape index (κ1) is 35.1. The number of cyclic esters (lactones) is 5. The van der Waals surface area contributed by atoms with Gasteiger partial charge in [0, 0.05) is 27.7 Å². The van der Waals surface area contributed by atoms with E-state index < -0.39 is 53.2 Å². The molecule has 3 aliphatic rings. The molecule has 0 unspecified atom stereocenters. The molecule has 3 fully saturated rings. The Morgan fingerprint density at radius 1 is 0.861 bits per heavy atom. The number of aliphatic hydroxyl groups is 1. The van der Waals surface area contributed by atoms with Gasteiger partial charge in [-0.3, -0.25) is 19.2 Å². The van der Waals surface area contributed by atoms with E-state index in [1.807, 2.05) is 0 Å². The summed E-state index contributed by atoms with van der Waals surface area (Å²) in [6.07, 6.45) is -0.261. The van der Waals surface area contributed by atoms with Crippen molar-refractivity contribution >= 4 is 95.6 Å². The van der Waals surface area contributed by atoms with Crippen LogP contribution >= 0.6 is 59.9 Å². The zero-order valence-electron chi connectivity index (χ0n) is 19.8. The predicted octanol–water partition coefficient (Wildman–Crippen LogP) is 3.93. The Bertz CT molecular complexity index is 891. The third-order valence-corrected chi connectivity index (χ3v) is 3.40. The van der Waals surface area contributed by atoms with E-state index in [4.69, 9.17) is 9.47 Å². The van der Waals surface area contributed by atoms with Gasteiger partial charge in [0.25, 0.3) is 11.6 Å². The molecule has 0 aliphatic carbocycles. The number of esters is 5. The topological polar surface area (TPSA) is 169 Å². The van der Waals surface area contributed by atoms with Gasteiger partial charge in [-0.1, -0.05) is 6.58 Å². The van der Waals surface area contributed by atoms with Crippen LogP contribution in [0.1, 0.15) is 53.9 Å². The standard InChI is InChI=1S/C10H12O6.C6H8O4.C4H4O2.3HI.V/c1-5(11)4-6(12)7-8(13)15-10(2,3)16-9(7)14;1-6(2)9-4(7)3-5(8)10-6;1-3-2-4(5)6-3;;;;/h12H,4H2,1-3H3;3H2,1-2H3;1-2H2;3*1H;/q;;;;;;+3/p-3. The van der Waals surface area contributed by atoms with Gasteiger partial charge < -0.3 is 28.8 Å². The number of halogens is 3. The molecule has 0 aromatic rings. The Kier molecular flexibility index (Phi) is 15.1. The molecule has 3 aliphatic heterocycles. The number of Topliss-reactive ketones (excluding diaryl/α,β-unsaturated/α-hetero) is 1. The molecule has 0 saturated carbocycles. The Labute approximate surface area is 244 Å². The summed E-state index contributed by atoms with van der Waals surface area (Å²) in [5.74, 6) is -6.04. The maximum atomic E-state index is 11.4. The van der Waals surface area contributed by atoms with Crippen molar-refractivity contribution in [1.82, 2.24) is 0 Å². The van der Waals surface area contributed by atoms with Crippen LogP contribution in [0.15, 0.2) is 23.7 Å². The van der Waals surface area contributed by atoms with Crippen LogP contribution in [-0.2, 0) is 57.4 Å². The van der Waals surface area contributed by atoms with Crippen molar-refractivity contribution < 1.29 is 62.5 Å². The van der Waals surface area contributed by atoms with Gasteiger partial charge in [-0.25, -0.2) is 9.59 Å². The number of ether oxygens (including phenoxy) is 5. The SMILES string of the molecule is C=C1CC(=O)O1.CC(=O)CC(O)=C1C(=O)OC(C)(C)OC1=O.CC1(C)OC(=O)CC(=O)O1.[I][V]([I])[I]. The second-order valence-corrected chi connectivity index (χ2v) is 43.2. The molecular weight excluding hydrogens is 864 g/mol. The van der Waals surface area contributed by atoms with E-state index in [0.717, 1.165) is 0 Å². The van der Waals surface area contributed by atoms with Crippen molar-refractivity contribution in [3.8, 4) is 0 Å². The minimum absolute atomic E-state index is 0.167. The van der Waals surface area contributed by atoms with Gasteiger partial charge in [0.2, 0.25) is 0 Å². The summed E-state index contributed by atoms with van der Waals surface area (Å²) in [6, 6.07) is 0. The van der Waals surface area contributed by atoms with E-state index >= 15 is 0 Å². The van der Waals surface area contributed by atoms with E-state index in [2.05, 4.69) is 80.7 Å². The van der Waals surface area contributed by atoms with Crippen LogP contribution in [0.2, 0.25) is 0 Å². The third kappa shape index (κ3) is 15.4. The molecule has 0 amide bonds. The first-order valence-corrected chi connectivity index (χ1v) is 23.2. The fraction of sp³-hybridized carbons (Fsp3) is 0.500. The molecule has 3 rings (SSSR count). The van der Waals surface area contributed by atoms with Crippen LogP contribution in [0.3, 0.4) is 0 Å². The molecule has 0 aromatic carbocycles. The number of allylic oxidation sites excluding steroid dienone is 1. The molecule has 202 valence electrons. The molecule has 3 heterocycles. The summed E-state index contributed by atoms with van der Waals surface area (Å²) < 4.78 is 23.1. The van der Waals surface area contributed by atoms with E-state index in [9.17, 15) is 33.9 Å². The maximum absolute atomic E-state index is 11.4. The van der Waals surface area contributed by atoms with Crippen LogP contribution in [0.4, 0.5) is 0 Å². The van der Waals surface area contributed by atoms with Crippen LogP contribution < -0.4 is 0 Å². The number of hydrogen-bond acceptors (Lipinski definition) is 12. The number of carbonyl (C=O) groups excluding carboxylic acids is 6. The Morgan fingerprint density at radius 2 is 1.22 bits per heavy atom. The van der Waals surface area contributed by atoms with Gasteiger partial charge in [-0.15, -0.1) is 0 Å². The summed E-state index contributed by atoms with van der Waals surface area (Å²) in [4.78, 5) is 64.2. The molecule has 3 saturated heterocycles. The molecule has 0 bridgehead atoms. The van der Waals surface area contributed by atoms with Crippen molar-refractivity contribution in [2.75, 3.05) is 0 Å². The van der Waals surface area contributed by atoms with Crippen molar-refractivity contribution in [2.45, 2.75) is 65.5 Å². The zero-order valence-corrected chi connectivity index (χ0v) is 27.7. The van der Waals surface area contributed by atoms with Gasteiger partial charge in [-0.2, -0.15) is 0 Å². The normalized spacial score (nSPS) is 19.1. The third-order valence-electron chi connectivity index (χ3n) is 3.40. The molecule has 0 atom stereocenters. The number of aliphatic hydroxyl groups excluding tert-OH is 1. The first-order chi connectivity index (χ1) is 16.2. The second-order valence-electron chi connectivity index (χ2n) is 7.79. The summed E-state index contributed by atoms with van der Waals surface area (Å²) in [7, 11) is 0. The van der Waals surface area contributed by atoms with Crippen molar-refractivity contribution in [3.05, 3.63) is 23.7 Å². The fourth-order valence-corrected chi connectivity index (χ4v) is 2.29. The van der Waals surface area contributed by atoms with Gasteiger partial charge in [0.05, 0.1) is 6.42 Å². The van der Waals surface area contributed by atoms with Crippen LogP contribution in [-0.4, -0.2) is 52.3 Å². The van der Waals surface area contributed by atoms with Gasteiger partial charge in [0.1, 0.15) is 30.1 Å². The van der Waals surface area contributed by atoms with Crippen LogP contribution in [0, 0.1) is 0 Å². The minimum atomic E-state index is -1.35. The molecule has 16 heteroatoms. The van der Waals surface area contributed by atoms with Crippen LogP contribution in [0.25, 0.3) is 0 Å². The molecule has 0 aromatic heterocycles. The first-order valence-electron chi connectivity index (χ1n) is 9.72. The Morgan fingerprint density at radius 3 is 1.47 bits per heavy atom. The average Bonchev–Trinajstić information content (AvgIpc) is 2.56. The van der Waals surface area contributed by atoms with E-state index in [0.29, 0.717) is 12.2 Å².